The molecule has 0 saturated heterocycles. The van der Waals surface area contributed by atoms with Gasteiger partial charge in [0.15, 0.2) is 0 Å². The van der Waals surface area contributed by atoms with Gasteiger partial charge in [-0.1, -0.05) is 0 Å². The van der Waals surface area contributed by atoms with Gasteiger partial charge in [-0.05, 0) is 11.5 Å². The molecule has 0 bridgehead atoms. The van der Waals surface area contributed by atoms with Crippen LogP contribution in [-0.4, -0.2) is 9.36 Å². The van der Waals surface area contributed by atoms with Gasteiger partial charge in [-0.25, -0.2) is 0 Å². The fourth-order valence-corrected chi connectivity index (χ4v) is 1.43. The number of fused-ring (bicyclic) bond motifs is 1. The third kappa shape index (κ3) is 0.657. The van der Waals surface area contributed by atoms with Gasteiger partial charge < -0.3 is 4.98 Å². The third-order valence-electron chi connectivity index (χ3n) is 1.27. The Morgan fingerprint density at radius 3 is 3.30 bits per heavy atom. The van der Waals surface area contributed by atoms with Gasteiger partial charge in [-0.15, -0.1) is 0 Å². The first kappa shape index (κ1) is 5.61. The van der Waals surface area contributed by atoms with E-state index in [2.05, 4.69) is 9.36 Å². The minimum absolute atomic E-state index is 0.0382. The number of rotatable bonds is 0. The van der Waals surface area contributed by atoms with Gasteiger partial charge in [0.05, 0.1) is 11.7 Å². The van der Waals surface area contributed by atoms with E-state index in [4.69, 9.17) is 0 Å². The molecule has 0 aromatic carbocycles. The summed E-state index contributed by atoms with van der Waals surface area (Å²) < 4.78 is 4.57. The predicted octanol–water partition coefficient (Wildman–Crippen LogP) is 0.985. The summed E-state index contributed by atoms with van der Waals surface area (Å²) in [6.45, 7) is 0. The van der Waals surface area contributed by atoms with Crippen LogP contribution in [0.1, 0.15) is 0 Å². The van der Waals surface area contributed by atoms with Crippen LogP contribution in [-0.2, 0) is 0 Å². The van der Waals surface area contributed by atoms with Gasteiger partial charge in [0.1, 0.15) is 4.70 Å². The molecule has 4 heteroatoms. The summed E-state index contributed by atoms with van der Waals surface area (Å²) in [5.74, 6) is 0. The molecule has 0 radical (unpaired) electrons. The molecule has 10 heavy (non-hydrogen) atoms. The van der Waals surface area contributed by atoms with E-state index in [1.54, 1.807) is 12.4 Å². The first-order chi connectivity index (χ1) is 4.88. The number of hydrogen-bond acceptors (Lipinski definition) is 3. The lowest BCUT2D eigenvalue weighted by molar-refractivity contribution is 1.39. The Morgan fingerprint density at radius 2 is 2.50 bits per heavy atom. The molecule has 0 saturated carbocycles. The van der Waals surface area contributed by atoms with Crippen molar-refractivity contribution >= 4 is 21.7 Å². The maximum atomic E-state index is 11.0. The molecule has 0 unspecified atom stereocenters. The topological polar surface area (TPSA) is 45.8 Å². The van der Waals surface area contributed by atoms with Gasteiger partial charge in [0, 0.05) is 12.3 Å². The van der Waals surface area contributed by atoms with Crippen molar-refractivity contribution in [1.29, 1.82) is 0 Å². The second-order valence-corrected chi connectivity index (χ2v) is 2.71. The summed E-state index contributed by atoms with van der Waals surface area (Å²) in [4.78, 5) is 13.9. The van der Waals surface area contributed by atoms with Gasteiger partial charge in [0.25, 0.3) is 0 Å². The second kappa shape index (κ2) is 1.91. The molecule has 0 atom stereocenters. The number of pyridine rings is 1. The Balaban J connectivity index is 3.09. The molecular formula is C6H4N2OS. The lowest BCUT2D eigenvalue weighted by Gasteiger charge is -1.82. The Kier molecular flexibility index (Phi) is 1.07. The Hall–Kier alpha value is -1.16. The highest BCUT2D eigenvalue weighted by molar-refractivity contribution is 7.13. The average molecular weight is 152 g/mol. The zero-order chi connectivity index (χ0) is 6.97. The van der Waals surface area contributed by atoms with Crippen LogP contribution in [0.3, 0.4) is 0 Å². The van der Waals surface area contributed by atoms with Crippen LogP contribution in [0, 0.1) is 0 Å². The Bertz CT molecular complexity index is 403. The van der Waals surface area contributed by atoms with Crippen LogP contribution in [0.2, 0.25) is 0 Å². The Labute approximate surface area is 60.5 Å². The van der Waals surface area contributed by atoms with Gasteiger partial charge >= 0.3 is 0 Å². The fourth-order valence-electron chi connectivity index (χ4n) is 0.803. The minimum atomic E-state index is 0.0382. The minimum Gasteiger partial charge on any atom is -0.359 e. The number of hydrogen-bond donors (Lipinski definition) is 1. The van der Waals surface area contributed by atoms with Crippen LogP contribution >= 0.6 is 11.5 Å². The molecule has 0 fully saturated rings. The third-order valence-corrected chi connectivity index (χ3v) is 2.08. The highest BCUT2D eigenvalue weighted by atomic mass is 32.1. The second-order valence-electron chi connectivity index (χ2n) is 1.91. The summed E-state index contributed by atoms with van der Waals surface area (Å²) in [5.41, 5.74) is 0.855. The van der Waals surface area contributed by atoms with E-state index in [0.717, 1.165) is 5.52 Å². The smallest absolute Gasteiger partial charge is 0.200 e. The molecule has 0 aliphatic rings. The molecule has 1 N–H and O–H groups in total. The molecule has 50 valence electrons. The standard InChI is InChI=1S/C6H4N2OS/c9-5-1-2-7-4-3-8-10-6(4)5/h1-3H,(H,7,9). The largest absolute Gasteiger partial charge is 0.359 e. The van der Waals surface area contributed by atoms with Gasteiger partial charge in [0.2, 0.25) is 5.43 Å². The van der Waals surface area contributed by atoms with Crippen molar-refractivity contribution in [2.45, 2.75) is 0 Å². The van der Waals surface area contributed by atoms with Crippen LogP contribution in [0.25, 0.3) is 10.2 Å². The van der Waals surface area contributed by atoms with Crippen molar-refractivity contribution < 1.29 is 0 Å². The average Bonchev–Trinajstić information content (AvgIpc) is 2.36. The first-order valence-electron chi connectivity index (χ1n) is 2.80. The number of aromatic nitrogens is 2. The first-order valence-corrected chi connectivity index (χ1v) is 3.57. The highest BCUT2D eigenvalue weighted by Gasteiger charge is 1.97. The van der Waals surface area contributed by atoms with E-state index >= 15 is 0 Å². The SMILES string of the molecule is O=c1cc[nH]c2cnsc12. The molecule has 2 rings (SSSR count). The van der Waals surface area contributed by atoms with Crippen molar-refractivity contribution in [3.63, 3.8) is 0 Å². The van der Waals surface area contributed by atoms with Crippen LogP contribution in [0.5, 0.6) is 0 Å². The molecule has 0 amide bonds. The van der Waals surface area contributed by atoms with Crippen molar-refractivity contribution in [3.05, 3.63) is 28.7 Å². The molecule has 0 spiro atoms. The van der Waals surface area contributed by atoms with E-state index in [1.807, 2.05) is 0 Å². The summed E-state index contributed by atoms with van der Waals surface area (Å²) >= 11 is 1.22. The molecule has 0 aliphatic heterocycles. The zero-order valence-corrected chi connectivity index (χ0v) is 5.81. The molecule has 2 aromatic rings. The van der Waals surface area contributed by atoms with Crippen molar-refractivity contribution in [3.8, 4) is 0 Å². The number of nitrogens with zero attached hydrogens (tertiary/aromatic N) is 1. The predicted molar refractivity (Wildman–Crippen MR) is 40.2 cm³/mol. The lowest BCUT2D eigenvalue weighted by atomic mass is 10.4. The number of nitrogens with one attached hydrogen (secondary N) is 1. The quantitative estimate of drug-likeness (QED) is 0.611. The molecular weight excluding hydrogens is 148 g/mol. The summed E-state index contributed by atoms with van der Waals surface area (Å²) in [6, 6.07) is 1.50. The molecule has 2 aromatic heterocycles. The van der Waals surface area contributed by atoms with E-state index in [9.17, 15) is 4.79 Å². The molecule has 0 aliphatic carbocycles. The Morgan fingerprint density at radius 1 is 1.60 bits per heavy atom. The van der Waals surface area contributed by atoms with Crippen LogP contribution in [0.15, 0.2) is 23.3 Å². The monoisotopic (exact) mass is 152 g/mol. The summed E-state index contributed by atoms with van der Waals surface area (Å²) in [6.07, 6.45) is 3.28. The van der Waals surface area contributed by atoms with Crippen molar-refractivity contribution in [2.75, 3.05) is 0 Å². The van der Waals surface area contributed by atoms with Crippen molar-refractivity contribution in [2.24, 2.45) is 0 Å². The van der Waals surface area contributed by atoms with E-state index in [-0.39, 0.29) is 5.43 Å². The van der Waals surface area contributed by atoms with E-state index < -0.39 is 0 Å². The number of aromatic amines is 1. The van der Waals surface area contributed by atoms with Gasteiger partial charge in [-0.2, -0.15) is 4.37 Å². The van der Waals surface area contributed by atoms with E-state index in [0.29, 0.717) is 4.70 Å². The summed E-state index contributed by atoms with van der Waals surface area (Å²) in [7, 11) is 0. The summed E-state index contributed by atoms with van der Waals surface area (Å²) in [5, 5.41) is 0. The van der Waals surface area contributed by atoms with Gasteiger partial charge in [-0.3, -0.25) is 4.79 Å². The zero-order valence-electron chi connectivity index (χ0n) is 5.00. The lowest BCUT2D eigenvalue weighted by Crippen LogP contribution is -1.95. The van der Waals surface area contributed by atoms with Crippen LogP contribution in [0.4, 0.5) is 0 Å². The fraction of sp³-hybridized carbons (Fsp3) is 0. The number of H-pyrrole nitrogens is 1. The van der Waals surface area contributed by atoms with Crippen molar-refractivity contribution in [1.82, 2.24) is 9.36 Å². The molecule has 3 nitrogen and oxygen atoms in total. The molecule has 2 heterocycles. The normalized spacial score (nSPS) is 10.4. The van der Waals surface area contributed by atoms with E-state index in [1.165, 1.54) is 17.6 Å². The van der Waals surface area contributed by atoms with Crippen LogP contribution < -0.4 is 5.43 Å². The maximum Gasteiger partial charge on any atom is 0.200 e. The highest BCUT2D eigenvalue weighted by Crippen LogP contribution is 2.08. The maximum absolute atomic E-state index is 11.0.